The second kappa shape index (κ2) is 5.95. The van der Waals surface area contributed by atoms with Gasteiger partial charge in [0.2, 0.25) is 17.6 Å². The van der Waals surface area contributed by atoms with Crippen molar-refractivity contribution in [2.45, 2.75) is 43.9 Å². The average Bonchev–Trinajstić information content (AvgIpc) is 2.75. The van der Waals surface area contributed by atoms with Crippen LogP contribution < -0.4 is 5.32 Å². The van der Waals surface area contributed by atoms with Crippen LogP contribution in [0.2, 0.25) is 0 Å². The quantitative estimate of drug-likeness (QED) is 0.443. The van der Waals surface area contributed by atoms with Crippen LogP contribution in [0.25, 0.3) is 0 Å². The zero-order valence-corrected chi connectivity index (χ0v) is 12.9. The molecule has 0 aliphatic carbocycles. The predicted molar refractivity (Wildman–Crippen MR) is 75.7 cm³/mol. The molecule has 0 aromatic heterocycles. The largest absolute Gasteiger partial charge is 0.387 e. The van der Waals surface area contributed by atoms with E-state index >= 15 is 0 Å². The van der Waals surface area contributed by atoms with E-state index in [1.807, 2.05) is 0 Å². The van der Waals surface area contributed by atoms with E-state index in [4.69, 9.17) is 14.2 Å². The van der Waals surface area contributed by atoms with Gasteiger partial charge in [-0.05, 0) is 5.57 Å². The smallest absolute Gasteiger partial charge is 0.226 e. The van der Waals surface area contributed by atoms with Crippen molar-refractivity contribution in [1.82, 2.24) is 5.32 Å². The summed E-state index contributed by atoms with van der Waals surface area (Å²) in [5, 5.41) is 23.6. The monoisotopic (exact) mass is 327 g/mol. The van der Waals surface area contributed by atoms with Gasteiger partial charge in [0, 0.05) is 24.7 Å². The van der Waals surface area contributed by atoms with Crippen molar-refractivity contribution in [3.63, 3.8) is 0 Å². The lowest BCUT2D eigenvalue weighted by molar-refractivity contribution is -0.338. The molecule has 3 fully saturated rings. The van der Waals surface area contributed by atoms with Gasteiger partial charge >= 0.3 is 0 Å². The van der Waals surface area contributed by atoms with Crippen LogP contribution in [-0.2, 0) is 23.8 Å². The highest BCUT2D eigenvalue weighted by Crippen LogP contribution is 2.41. The molecular weight excluding hydrogens is 306 g/mol. The van der Waals surface area contributed by atoms with Crippen LogP contribution >= 0.6 is 0 Å². The first-order valence-electron chi connectivity index (χ1n) is 7.61. The number of rotatable bonds is 2. The summed E-state index contributed by atoms with van der Waals surface area (Å²) in [4.78, 5) is 23.1. The first-order valence-corrected chi connectivity index (χ1v) is 7.61. The number of amides is 2. The summed E-state index contributed by atoms with van der Waals surface area (Å²) in [7, 11) is 0. The van der Waals surface area contributed by atoms with Gasteiger partial charge in [0.25, 0.3) is 0 Å². The molecule has 8 heteroatoms. The molecule has 5 atom stereocenters. The molecule has 2 amide bonds. The minimum absolute atomic E-state index is 0.0712. The third-order valence-electron chi connectivity index (χ3n) is 4.92. The maximum atomic E-state index is 11.5. The molecule has 0 radical (unpaired) electrons. The number of hydrogen-bond donors (Lipinski definition) is 3. The van der Waals surface area contributed by atoms with E-state index in [9.17, 15) is 19.8 Å². The van der Waals surface area contributed by atoms with Crippen LogP contribution in [-0.4, -0.2) is 59.5 Å². The van der Waals surface area contributed by atoms with Crippen molar-refractivity contribution in [1.29, 1.82) is 0 Å². The van der Waals surface area contributed by atoms with E-state index in [0.29, 0.717) is 5.57 Å². The molecule has 3 heterocycles. The number of aliphatic hydroxyl groups excluding tert-OH is 1. The Morgan fingerprint density at radius 1 is 1.26 bits per heavy atom. The maximum Gasteiger partial charge on any atom is 0.226 e. The first-order chi connectivity index (χ1) is 10.8. The fourth-order valence-electron chi connectivity index (χ4n) is 3.46. The molecule has 0 unspecified atom stereocenters. The van der Waals surface area contributed by atoms with Crippen LogP contribution in [0.1, 0.15) is 19.8 Å². The molecule has 3 N–H and O–H groups in total. The van der Waals surface area contributed by atoms with E-state index in [1.54, 1.807) is 6.92 Å². The van der Waals surface area contributed by atoms with Crippen LogP contribution in [0.15, 0.2) is 12.2 Å². The van der Waals surface area contributed by atoms with Gasteiger partial charge in [-0.25, -0.2) is 0 Å². The molecule has 3 aliphatic rings. The van der Waals surface area contributed by atoms with E-state index in [-0.39, 0.29) is 26.2 Å². The summed E-state index contributed by atoms with van der Waals surface area (Å²) in [6.07, 6.45) is -2.93. The minimum atomic E-state index is -1.71. The van der Waals surface area contributed by atoms with Gasteiger partial charge in [0.05, 0.1) is 12.7 Å². The molecule has 8 nitrogen and oxygen atoms in total. The van der Waals surface area contributed by atoms with Crippen LogP contribution in [0.4, 0.5) is 0 Å². The zero-order chi connectivity index (χ0) is 16.8. The molecule has 3 saturated heterocycles. The maximum absolute atomic E-state index is 11.5. The summed E-state index contributed by atoms with van der Waals surface area (Å²) in [5.74, 6) is -3.40. The number of piperidine rings is 1. The lowest BCUT2D eigenvalue weighted by Crippen LogP contribution is -2.62. The molecule has 0 bridgehead atoms. The van der Waals surface area contributed by atoms with Gasteiger partial charge in [0.1, 0.15) is 19.0 Å². The van der Waals surface area contributed by atoms with Crippen molar-refractivity contribution in [2.24, 2.45) is 11.8 Å². The number of imide groups is 1. The number of ether oxygens (including phenoxy) is 3. The van der Waals surface area contributed by atoms with Gasteiger partial charge < -0.3 is 24.4 Å². The van der Waals surface area contributed by atoms with Gasteiger partial charge in [-0.3, -0.25) is 14.9 Å². The molecule has 0 saturated carbocycles. The van der Waals surface area contributed by atoms with Crippen molar-refractivity contribution in [3.05, 3.63) is 12.2 Å². The molecule has 0 aromatic rings. The van der Waals surface area contributed by atoms with E-state index in [0.717, 1.165) is 0 Å². The molecule has 3 rings (SSSR count). The van der Waals surface area contributed by atoms with Gasteiger partial charge in [-0.15, -0.1) is 0 Å². The predicted octanol–water partition coefficient (Wildman–Crippen LogP) is -0.947. The Labute approximate surface area is 133 Å². The fourth-order valence-corrected chi connectivity index (χ4v) is 3.46. The summed E-state index contributed by atoms with van der Waals surface area (Å²) < 4.78 is 16.2. The summed E-state index contributed by atoms with van der Waals surface area (Å²) in [6.45, 7) is 5.59. The lowest BCUT2D eigenvalue weighted by Gasteiger charge is -2.45. The standard InChI is InChI=1S/C15H21NO7/c1-7-5-23-15(20,8(7)2)14-12(19)13(21-6-22-14)9-3-10(17)16-11(18)4-9/h8-9,12-14,19-20H,1,3-6H2,2H3,(H,16,17,18)/t8-,12+,13-,14-,15-/m1/s1. The Kier molecular flexibility index (Phi) is 4.28. The molecule has 0 spiro atoms. The van der Waals surface area contributed by atoms with Crippen molar-refractivity contribution in [2.75, 3.05) is 13.4 Å². The van der Waals surface area contributed by atoms with E-state index in [1.165, 1.54) is 0 Å². The van der Waals surface area contributed by atoms with Crippen molar-refractivity contribution in [3.8, 4) is 0 Å². The van der Waals surface area contributed by atoms with Crippen molar-refractivity contribution >= 4 is 11.8 Å². The highest BCUT2D eigenvalue weighted by Gasteiger charge is 2.56. The summed E-state index contributed by atoms with van der Waals surface area (Å²) >= 11 is 0. The summed E-state index contributed by atoms with van der Waals surface area (Å²) in [5.41, 5.74) is 0.707. The third-order valence-corrected chi connectivity index (χ3v) is 4.92. The zero-order valence-electron chi connectivity index (χ0n) is 12.9. The molecule has 0 aromatic carbocycles. The van der Waals surface area contributed by atoms with Crippen LogP contribution in [0.5, 0.6) is 0 Å². The number of aliphatic hydroxyl groups is 2. The Morgan fingerprint density at radius 3 is 2.48 bits per heavy atom. The minimum Gasteiger partial charge on any atom is -0.387 e. The highest BCUT2D eigenvalue weighted by molar-refractivity contribution is 5.97. The van der Waals surface area contributed by atoms with Crippen LogP contribution in [0, 0.1) is 11.8 Å². The van der Waals surface area contributed by atoms with E-state index < -0.39 is 47.7 Å². The third kappa shape index (κ3) is 2.81. The Balaban J connectivity index is 1.78. The Bertz CT molecular complexity index is 520. The number of carbonyl (C=O) groups excluding carboxylic acids is 2. The highest BCUT2D eigenvalue weighted by atomic mass is 16.7. The van der Waals surface area contributed by atoms with Gasteiger partial charge in [-0.2, -0.15) is 0 Å². The average molecular weight is 327 g/mol. The lowest BCUT2D eigenvalue weighted by atomic mass is 9.81. The summed E-state index contributed by atoms with van der Waals surface area (Å²) in [6, 6.07) is 0. The van der Waals surface area contributed by atoms with Crippen LogP contribution in [0.3, 0.4) is 0 Å². The Hall–Kier alpha value is -1.32. The molecule has 128 valence electrons. The van der Waals surface area contributed by atoms with Crippen molar-refractivity contribution < 1.29 is 34.0 Å². The number of hydrogen-bond acceptors (Lipinski definition) is 7. The first kappa shape index (κ1) is 16.5. The van der Waals surface area contributed by atoms with E-state index in [2.05, 4.69) is 11.9 Å². The normalized spacial score (nSPS) is 42.8. The van der Waals surface area contributed by atoms with Gasteiger partial charge in [0.15, 0.2) is 0 Å². The number of nitrogens with one attached hydrogen (secondary N) is 1. The second-order valence-corrected chi connectivity index (χ2v) is 6.39. The van der Waals surface area contributed by atoms with Gasteiger partial charge in [-0.1, -0.05) is 13.5 Å². The topological polar surface area (TPSA) is 114 Å². The second-order valence-electron chi connectivity index (χ2n) is 6.39. The molecule has 23 heavy (non-hydrogen) atoms. The Morgan fingerprint density at radius 2 is 1.91 bits per heavy atom. The molecule has 3 aliphatic heterocycles. The SMILES string of the molecule is C=C1CO[C@@](O)([C@@H]2OCO[C@H](C3CC(=O)NC(=O)C3)[C@@H]2O)[C@@H]1C. The fraction of sp³-hybridized carbons (Fsp3) is 0.733. The molecular formula is C15H21NO7. The number of carbonyl (C=O) groups is 2.